The zero-order valence-electron chi connectivity index (χ0n) is 18.3. The van der Waals surface area contributed by atoms with Crippen LogP contribution >= 0.6 is 11.6 Å². The van der Waals surface area contributed by atoms with Crippen molar-refractivity contribution < 1.29 is 23.5 Å². The molecular weight excluding hydrogens is 432 g/mol. The van der Waals surface area contributed by atoms with Crippen molar-refractivity contribution in [3.63, 3.8) is 0 Å². The lowest BCUT2D eigenvalue weighted by molar-refractivity contribution is 0.0475. The molecule has 0 spiro atoms. The Kier molecular flexibility index (Phi) is 7.43. The SMILES string of the molecule is COc1ccc(Cl)cc1/C(N)=N/OC(=O)c1ccc(COc2cc(C)ccc2C(C)C)o1. The van der Waals surface area contributed by atoms with Crippen LogP contribution in [0.15, 0.2) is 58.1 Å². The lowest BCUT2D eigenvalue weighted by Crippen LogP contribution is -2.16. The third-order valence-corrected chi connectivity index (χ3v) is 4.92. The molecule has 2 N–H and O–H groups in total. The van der Waals surface area contributed by atoms with Gasteiger partial charge in [-0.15, -0.1) is 0 Å². The maximum absolute atomic E-state index is 12.3. The Bertz CT molecular complexity index is 1140. The minimum atomic E-state index is -0.793. The largest absolute Gasteiger partial charge is 0.496 e. The number of nitrogens with two attached hydrogens (primary N) is 1. The van der Waals surface area contributed by atoms with Gasteiger partial charge in [-0.2, -0.15) is 0 Å². The summed E-state index contributed by atoms with van der Waals surface area (Å²) in [6.07, 6.45) is 0. The van der Waals surface area contributed by atoms with E-state index in [4.69, 9.17) is 36.1 Å². The first-order valence-corrected chi connectivity index (χ1v) is 10.4. The molecule has 3 aromatic rings. The standard InChI is InChI=1S/C24H25ClN2O5/c1-14(2)18-8-5-15(3)11-22(18)30-13-17-7-10-21(31-17)24(28)32-27-23(26)19-12-16(25)6-9-20(19)29-4/h5-12,14H,13H2,1-4H3,(H2,26,27). The summed E-state index contributed by atoms with van der Waals surface area (Å²) in [6, 6.07) is 14.1. The molecule has 0 bridgehead atoms. The van der Waals surface area contributed by atoms with Gasteiger partial charge in [0.15, 0.2) is 5.84 Å². The van der Waals surface area contributed by atoms with Crippen LogP contribution in [0.4, 0.5) is 0 Å². The minimum absolute atomic E-state index is 0.0217. The smallest absolute Gasteiger partial charge is 0.400 e. The lowest BCUT2D eigenvalue weighted by atomic mass is 10.0. The average molecular weight is 457 g/mol. The van der Waals surface area contributed by atoms with Gasteiger partial charge in [0, 0.05) is 5.02 Å². The molecule has 168 valence electrons. The Morgan fingerprint density at radius 2 is 1.91 bits per heavy atom. The number of hydrogen-bond acceptors (Lipinski definition) is 6. The maximum atomic E-state index is 12.3. The predicted molar refractivity (Wildman–Crippen MR) is 122 cm³/mol. The van der Waals surface area contributed by atoms with Gasteiger partial charge in [0.2, 0.25) is 5.76 Å². The van der Waals surface area contributed by atoms with Gasteiger partial charge < -0.3 is 24.5 Å². The van der Waals surface area contributed by atoms with Crippen LogP contribution in [-0.4, -0.2) is 18.9 Å². The summed E-state index contributed by atoms with van der Waals surface area (Å²) in [5, 5.41) is 4.12. The number of methoxy groups -OCH3 is 1. The number of benzene rings is 2. The normalized spacial score (nSPS) is 11.5. The molecule has 1 aromatic heterocycles. The van der Waals surface area contributed by atoms with Gasteiger partial charge in [-0.1, -0.05) is 42.7 Å². The van der Waals surface area contributed by atoms with E-state index < -0.39 is 5.97 Å². The number of carbonyl (C=O) groups excluding carboxylic acids is 1. The summed E-state index contributed by atoms with van der Waals surface area (Å²) in [7, 11) is 1.49. The summed E-state index contributed by atoms with van der Waals surface area (Å²) in [5.41, 5.74) is 8.52. The Labute approximate surface area is 191 Å². The van der Waals surface area contributed by atoms with Crippen molar-refractivity contribution in [2.45, 2.75) is 33.3 Å². The van der Waals surface area contributed by atoms with Gasteiger partial charge in [0.05, 0.1) is 12.7 Å². The van der Waals surface area contributed by atoms with Crippen molar-refractivity contribution in [1.29, 1.82) is 0 Å². The first kappa shape index (κ1) is 23.2. The molecule has 7 nitrogen and oxygen atoms in total. The Balaban J connectivity index is 1.66. The molecule has 0 saturated heterocycles. The van der Waals surface area contributed by atoms with E-state index in [0.717, 1.165) is 16.9 Å². The van der Waals surface area contributed by atoms with Gasteiger partial charge in [-0.05, 0) is 60.4 Å². The van der Waals surface area contributed by atoms with Crippen molar-refractivity contribution in [3.05, 3.63) is 81.8 Å². The first-order valence-electron chi connectivity index (χ1n) is 9.99. The Morgan fingerprint density at radius 3 is 2.62 bits per heavy atom. The van der Waals surface area contributed by atoms with Crippen LogP contribution in [0.2, 0.25) is 5.02 Å². The van der Waals surface area contributed by atoms with Gasteiger partial charge in [0.1, 0.15) is 23.9 Å². The first-order chi connectivity index (χ1) is 15.3. The molecule has 8 heteroatoms. The number of carbonyl (C=O) groups is 1. The van der Waals surface area contributed by atoms with E-state index in [1.54, 1.807) is 24.3 Å². The highest BCUT2D eigenvalue weighted by atomic mass is 35.5. The minimum Gasteiger partial charge on any atom is -0.496 e. The monoisotopic (exact) mass is 456 g/mol. The third kappa shape index (κ3) is 5.62. The fourth-order valence-electron chi connectivity index (χ4n) is 3.02. The Morgan fingerprint density at radius 1 is 1.12 bits per heavy atom. The highest BCUT2D eigenvalue weighted by molar-refractivity contribution is 6.31. The summed E-state index contributed by atoms with van der Waals surface area (Å²) >= 11 is 5.99. The average Bonchev–Trinajstić information content (AvgIpc) is 3.24. The molecule has 0 saturated carbocycles. The quantitative estimate of drug-likeness (QED) is 0.210. The Hall–Kier alpha value is -3.45. The number of aryl methyl sites for hydroxylation is 1. The number of hydrogen-bond donors (Lipinski definition) is 1. The second-order valence-corrected chi connectivity index (χ2v) is 7.89. The van der Waals surface area contributed by atoms with Gasteiger partial charge >= 0.3 is 5.97 Å². The van der Waals surface area contributed by atoms with Crippen LogP contribution in [0, 0.1) is 6.92 Å². The molecule has 0 atom stereocenters. The number of halogens is 1. The molecule has 3 rings (SSSR count). The van der Waals surface area contributed by atoms with E-state index in [-0.39, 0.29) is 18.2 Å². The van der Waals surface area contributed by atoms with Gasteiger partial charge in [0.25, 0.3) is 0 Å². The number of nitrogens with zero attached hydrogens (tertiary/aromatic N) is 1. The van der Waals surface area contributed by atoms with Crippen LogP contribution in [-0.2, 0) is 11.4 Å². The van der Waals surface area contributed by atoms with Crippen LogP contribution in [0.5, 0.6) is 11.5 Å². The molecule has 0 fully saturated rings. The van der Waals surface area contributed by atoms with E-state index in [1.807, 2.05) is 19.1 Å². The van der Waals surface area contributed by atoms with Crippen LogP contribution in [0.1, 0.15) is 52.8 Å². The summed E-state index contributed by atoms with van der Waals surface area (Å²) in [5.74, 6) is 1.14. The van der Waals surface area contributed by atoms with Gasteiger partial charge in [-0.25, -0.2) is 4.79 Å². The zero-order chi connectivity index (χ0) is 23.3. The summed E-state index contributed by atoms with van der Waals surface area (Å²) < 4.78 is 16.7. The molecule has 32 heavy (non-hydrogen) atoms. The summed E-state index contributed by atoms with van der Waals surface area (Å²) in [4.78, 5) is 17.2. The van der Waals surface area contributed by atoms with E-state index in [9.17, 15) is 4.79 Å². The second-order valence-electron chi connectivity index (χ2n) is 7.45. The van der Waals surface area contributed by atoms with Crippen molar-refractivity contribution >= 4 is 23.4 Å². The van der Waals surface area contributed by atoms with Gasteiger partial charge in [-0.3, -0.25) is 0 Å². The molecule has 0 radical (unpaired) electrons. The predicted octanol–water partition coefficient (Wildman–Crippen LogP) is 5.43. The molecular formula is C24H25ClN2O5. The molecule has 1 heterocycles. The second kappa shape index (κ2) is 10.2. The fraction of sp³-hybridized carbons (Fsp3) is 0.250. The maximum Gasteiger partial charge on any atom is 0.400 e. The van der Waals surface area contributed by atoms with E-state index in [2.05, 4.69) is 25.1 Å². The highest BCUT2D eigenvalue weighted by Gasteiger charge is 2.16. The number of amidine groups is 1. The van der Waals surface area contributed by atoms with Crippen LogP contribution in [0.3, 0.4) is 0 Å². The molecule has 2 aromatic carbocycles. The zero-order valence-corrected chi connectivity index (χ0v) is 19.1. The molecule has 0 aliphatic carbocycles. The van der Waals surface area contributed by atoms with Crippen molar-refractivity contribution in [3.8, 4) is 11.5 Å². The van der Waals surface area contributed by atoms with Crippen molar-refractivity contribution in [2.24, 2.45) is 10.9 Å². The van der Waals surface area contributed by atoms with Crippen molar-refractivity contribution in [2.75, 3.05) is 7.11 Å². The topological polar surface area (TPSA) is 96.3 Å². The van der Waals surface area contributed by atoms with E-state index in [0.29, 0.717) is 28.0 Å². The number of ether oxygens (including phenoxy) is 2. The highest BCUT2D eigenvalue weighted by Crippen LogP contribution is 2.28. The van der Waals surface area contributed by atoms with Crippen molar-refractivity contribution in [1.82, 2.24) is 0 Å². The molecule has 0 unspecified atom stereocenters. The molecule has 0 aliphatic heterocycles. The van der Waals surface area contributed by atoms with Crippen LogP contribution in [0.25, 0.3) is 0 Å². The van der Waals surface area contributed by atoms with E-state index >= 15 is 0 Å². The fourth-order valence-corrected chi connectivity index (χ4v) is 3.19. The number of oxime groups is 1. The third-order valence-electron chi connectivity index (χ3n) is 4.69. The summed E-state index contributed by atoms with van der Waals surface area (Å²) in [6.45, 7) is 6.37. The molecule has 0 amide bonds. The van der Waals surface area contributed by atoms with E-state index in [1.165, 1.54) is 13.2 Å². The number of furan rings is 1. The number of rotatable bonds is 8. The molecule has 0 aliphatic rings. The van der Waals surface area contributed by atoms with Crippen LogP contribution < -0.4 is 15.2 Å². The lowest BCUT2D eigenvalue weighted by Gasteiger charge is -2.14.